The quantitative estimate of drug-likeness (QED) is 0.0164. The molecule has 0 spiro atoms. The number of hydrogen-bond acceptors (Lipinski definition) is 31. The van der Waals surface area contributed by atoms with E-state index < -0.39 is 358 Å². The van der Waals surface area contributed by atoms with E-state index in [0.717, 1.165) is 6.92 Å². The van der Waals surface area contributed by atoms with E-state index in [0.29, 0.717) is 5.56 Å². The fourth-order valence-corrected chi connectivity index (χ4v) is 14.4. The van der Waals surface area contributed by atoms with Crippen LogP contribution in [0.5, 0.6) is 0 Å². The molecule has 0 aliphatic heterocycles. The number of aliphatic hydroxyl groups excluding tert-OH is 3. The van der Waals surface area contributed by atoms with E-state index in [1.165, 1.54) is 48.5 Å². The first-order valence-corrected chi connectivity index (χ1v) is 48.8. The Morgan fingerprint density at radius 2 is 0.624 bits per heavy atom. The van der Waals surface area contributed by atoms with Gasteiger partial charge in [0, 0.05) is 38.6 Å². The number of carboxylic acids is 5. The molecule has 0 aliphatic rings. The van der Waals surface area contributed by atoms with Crippen LogP contribution in [0.15, 0.2) is 35.3 Å². The largest absolute Gasteiger partial charge is 0.481 e. The van der Waals surface area contributed by atoms with Crippen LogP contribution in [-0.2, 0) is 121 Å². The van der Waals surface area contributed by atoms with Gasteiger partial charge in [0.25, 0.3) is 0 Å². The van der Waals surface area contributed by atoms with Crippen LogP contribution in [0, 0.1) is 23.7 Å². The minimum atomic E-state index is -2.11. The van der Waals surface area contributed by atoms with Gasteiger partial charge < -0.3 is 171 Å². The molecule has 0 saturated heterocycles. The van der Waals surface area contributed by atoms with Gasteiger partial charge in [-0.25, -0.2) is 4.79 Å². The molecule has 19 amide bonds. The van der Waals surface area contributed by atoms with Crippen molar-refractivity contribution in [3.63, 3.8) is 0 Å². The Bertz CT molecular complexity index is 4720. The van der Waals surface area contributed by atoms with E-state index in [4.69, 9.17) is 40.1 Å². The highest BCUT2D eigenvalue weighted by Gasteiger charge is 2.43. The maximum absolute atomic E-state index is 14.5. The predicted octanol–water partition coefficient (Wildman–Crippen LogP) is -10.0. The Hall–Kier alpha value is -14.5. The second kappa shape index (κ2) is 68.9. The maximum Gasteiger partial charge on any atom is 0.326 e. The zero-order valence-electron chi connectivity index (χ0n) is 85.5. The molecule has 0 heterocycles. The first-order chi connectivity index (χ1) is 69.8. The number of carbonyl (C=O) groups is 24. The zero-order valence-corrected chi connectivity index (χ0v) is 85.5. The van der Waals surface area contributed by atoms with E-state index in [9.17, 15) is 156 Å². The van der Waals surface area contributed by atoms with Gasteiger partial charge in [-0.15, -0.1) is 0 Å². The predicted molar refractivity (Wildman–Crippen MR) is 529 cm³/mol. The lowest BCUT2D eigenvalue weighted by molar-refractivity contribution is -0.142. The van der Waals surface area contributed by atoms with Crippen molar-refractivity contribution >= 4 is 148 Å². The fourth-order valence-electron chi connectivity index (χ4n) is 14.4. The first-order valence-electron chi connectivity index (χ1n) is 48.8. The van der Waals surface area contributed by atoms with Gasteiger partial charge in [0.2, 0.25) is 112 Å². The number of rotatable bonds is 75. The molecule has 0 bridgehead atoms. The summed E-state index contributed by atoms with van der Waals surface area (Å²) in [4.78, 5) is 330. The van der Waals surface area contributed by atoms with E-state index in [1.54, 1.807) is 51.1 Å². The van der Waals surface area contributed by atoms with Crippen molar-refractivity contribution in [1.82, 2.24) is 90.4 Å². The number of carboxylic acid groups (broad SMARTS) is 5. The van der Waals surface area contributed by atoms with E-state index in [2.05, 4.69) is 95.4 Å². The van der Waals surface area contributed by atoms with Gasteiger partial charge in [-0.1, -0.05) is 98.6 Å². The summed E-state index contributed by atoms with van der Waals surface area (Å²) in [5.41, 5.74) is 39.4. The molecule has 0 radical (unpaired) electrons. The third kappa shape index (κ3) is 51.1. The number of aliphatic imine (C=N–C) groups is 1. The minimum Gasteiger partial charge on any atom is -0.481 e. The van der Waals surface area contributed by atoms with Gasteiger partial charge in [0.1, 0.15) is 109 Å². The molecule has 22 atom stereocenters. The van der Waals surface area contributed by atoms with Gasteiger partial charge in [-0.3, -0.25) is 115 Å². The molecule has 1 aromatic carbocycles. The van der Waals surface area contributed by atoms with Crippen molar-refractivity contribution in [3.05, 3.63) is 35.9 Å². The van der Waals surface area contributed by atoms with Gasteiger partial charge in [0.05, 0.1) is 31.7 Å². The van der Waals surface area contributed by atoms with Crippen LogP contribution in [0.1, 0.15) is 217 Å². The van der Waals surface area contributed by atoms with Crippen molar-refractivity contribution in [1.29, 1.82) is 0 Å². The topological polar surface area (TPSA) is 971 Å². The number of hydrogen-bond donors (Lipinski definition) is 32. The Balaban J connectivity index is 3.72. The summed E-state index contributed by atoms with van der Waals surface area (Å²) < 4.78 is 0. The molecule has 0 unspecified atom stereocenters. The maximum atomic E-state index is 14.5. The van der Waals surface area contributed by atoms with Gasteiger partial charge >= 0.3 is 29.8 Å². The number of nitrogens with zero attached hydrogens (tertiary/aromatic N) is 1. The lowest BCUT2D eigenvalue weighted by Gasteiger charge is -2.30. The Morgan fingerprint density at radius 1 is 0.322 bits per heavy atom. The lowest BCUT2D eigenvalue weighted by Crippen LogP contribution is -2.63. The molecule has 0 aromatic heterocycles. The summed E-state index contributed by atoms with van der Waals surface area (Å²) in [6.07, 6.45) is -11.5. The molecule has 149 heavy (non-hydrogen) atoms. The van der Waals surface area contributed by atoms with Gasteiger partial charge in [-0.2, -0.15) is 0 Å². The Morgan fingerprint density at radius 3 is 0.993 bits per heavy atom. The van der Waals surface area contributed by atoms with Gasteiger partial charge in [0.15, 0.2) is 5.96 Å². The summed E-state index contributed by atoms with van der Waals surface area (Å²) in [5, 5.41) is 121. The molecule has 1 rings (SSSR count). The average Bonchev–Trinajstić information content (AvgIpc) is 0.845. The molecule has 0 aliphatic carbocycles. The number of guanidine groups is 1. The van der Waals surface area contributed by atoms with Crippen LogP contribution in [0.25, 0.3) is 0 Å². The number of unbranched alkanes of at least 4 members (excludes halogenated alkanes) is 2. The van der Waals surface area contributed by atoms with Crippen molar-refractivity contribution < 1.29 is 156 Å². The number of aliphatic carboxylic acids is 5. The summed E-state index contributed by atoms with van der Waals surface area (Å²) in [7, 11) is 0. The minimum absolute atomic E-state index is 0.00275. The molecule has 838 valence electrons. The summed E-state index contributed by atoms with van der Waals surface area (Å²) in [6.45, 7) is 14.2. The second-order valence-electron chi connectivity index (χ2n) is 36.9. The fraction of sp³-hybridized carbons (Fsp3) is 0.663. The molecular weight excluding hydrogens is 1970 g/mol. The smallest absolute Gasteiger partial charge is 0.326 e. The number of benzene rings is 1. The van der Waals surface area contributed by atoms with Crippen LogP contribution in [0.2, 0.25) is 0 Å². The highest BCUT2D eigenvalue weighted by atomic mass is 16.4. The van der Waals surface area contributed by atoms with E-state index in [-0.39, 0.29) is 103 Å². The molecule has 39 N–H and O–H groups in total. The Kier molecular flexibility index (Phi) is 61.3. The number of carbonyl (C=O) groups excluding carboxylic acids is 19. The van der Waals surface area contributed by atoms with Crippen LogP contribution in [0.3, 0.4) is 0 Å². The monoisotopic (exact) mass is 2120 g/mol. The molecular formula is C92H153N25O32. The SMILES string of the molecule is CC[C@H](C)[C@H](NC(=O)[C@H](CCC(=O)O)NC(=O)[C@H](CCC(=O)O)NC(=O)[C@@H](NC(=O)[C@H](CCCCN)NC(=O)[C@@H](NC(=O)[C@H](CC(N)=O)NC(=O)[C@@H](N)[C@@H](C)O)[C@@H](C)CC)[C@@H](C)O)C(=O)N[C@@H](CO)C(=O)N[C@@H](CCC(=O)O)C(=O)N[C@H](C(=O)N[C@@H](CC(N)=O)C(=O)N[C@@H](CC(C)C)C(=O)N[C@@H](CCCCN)C(=O)N[C@@H](C)C(=O)N[C@@H](CCC(=O)O)C(=O)N[C@@H](Cc1ccccc1)C(=O)N[C@@H](CCCN=C(N)N)C(=O)O)C(C)C. The molecule has 1 aromatic rings. The number of aliphatic hydroxyl groups is 3. The number of nitrogens with two attached hydrogens (primary N) is 7. The average molecular weight is 2120 g/mol. The zero-order chi connectivity index (χ0) is 114. The standard InChI is InChI=1S/C92H153N25O32/c1-12-45(7)71(116-84(141)61(41-64(96)122)111-86(143)69(97)48(10)119)88(145)106-52(25-18-20-36-94)78(135)117-73(49(11)120)90(147)107-54(28-32-66(125)126)76(133)104-56(30-34-68(129)130)80(137)115-72(46(8)13-2)89(146)113-62(42-118)85(142)105-55(29-33-67(127)128)79(136)114-70(44(5)6)87(144)112-60(40-63(95)121)83(140)109-58(38-43(3)4)81(138)103-51(24-17-19-35-93)75(132)101-47(9)74(131)102-53(27-31-65(123)124)77(134)110-59(39-50-22-15-14-16-23-50)82(139)108-57(91(148)149)26-21-37-100-92(98)99/h14-16,22-23,43-49,51-62,69-73,118-120H,12-13,17-21,24-42,93-94,97H2,1-11H3,(H2,95,121)(H2,96,122)(H,101,132)(H,102,131)(H,103,138)(H,104,133)(H,105,142)(H,106,145)(H,107,147)(H,108,139)(H,109,140)(H,110,134)(H,111,143)(H,112,144)(H,113,146)(H,114,136)(H,115,137)(H,116,141)(H,117,135)(H,123,124)(H,125,126)(H,127,128)(H,129,130)(H,148,149)(H4,98,99,100)/t45-,46-,47-,48+,49+,51-,52-,53-,54-,55-,56-,57-,58-,59-,60-,61-,62-,69-,70-,71-,72-,73-/m0/s1. The highest BCUT2D eigenvalue weighted by Crippen LogP contribution is 2.19. The van der Waals surface area contributed by atoms with E-state index >= 15 is 0 Å². The third-order valence-electron chi connectivity index (χ3n) is 23.5. The normalized spacial score (nSPS) is 15.6. The lowest BCUT2D eigenvalue weighted by atomic mass is 9.96. The number of primary amides is 2. The second-order valence-corrected chi connectivity index (χ2v) is 36.9. The summed E-state index contributed by atoms with van der Waals surface area (Å²) >= 11 is 0. The highest BCUT2D eigenvalue weighted by molar-refractivity contribution is 6.03. The van der Waals surface area contributed by atoms with Crippen LogP contribution < -0.4 is 131 Å². The van der Waals surface area contributed by atoms with Crippen molar-refractivity contribution in [2.45, 2.75) is 338 Å². The van der Waals surface area contributed by atoms with Crippen molar-refractivity contribution in [2.24, 2.45) is 68.8 Å². The summed E-state index contributed by atoms with van der Waals surface area (Å²) in [5.74, 6) is -33.6. The molecule has 0 fully saturated rings. The van der Waals surface area contributed by atoms with E-state index in [1.807, 2.05) is 0 Å². The number of amides is 19. The Labute approximate surface area is 860 Å². The molecule has 57 nitrogen and oxygen atoms in total. The molecule has 57 heteroatoms. The summed E-state index contributed by atoms with van der Waals surface area (Å²) in [6, 6.07) is -23.7. The third-order valence-corrected chi connectivity index (χ3v) is 23.5. The van der Waals surface area contributed by atoms with Crippen LogP contribution in [0.4, 0.5) is 0 Å². The molecule has 0 saturated carbocycles. The van der Waals surface area contributed by atoms with Crippen LogP contribution >= 0.6 is 0 Å². The van der Waals surface area contributed by atoms with Crippen molar-refractivity contribution in [2.75, 3.05) is 26.2 Å². The first kappa shape index (κ1) is 133. The number of nitrogens with one attached hydrogen (secondary N) is 17. The van der Waals surface area contributed by atoms with Crippen LogP contribution in [-0.4, -0.2) is 336 Å². The van der Waals surface area contributed by atoms with Gasteiger partial charge in [-0.05, 0) is 147 Å². The van der Waals surface area contributed by atoms with Crippen molar-refractivity contribution in [3.8, 4) is 0 Å².